The zero-order valence-corrected chi connectivity index (χ0v) is 16.1. The van der Waals surface area contributed by atoms with Crippen LogP contribution in [0.4, 0.5) is 0 Å². The van der Waals surface area contributed by atoms with Crippen LogP contribution in [-0.2, 0) is 15.6 Å². The Morgan fingerprint density at radius 2 is 1.96 bits per heavy atom. The van der Waals surface area contributed by atoms with E-state index in [1.165, 1.54) is 19.3 Å². The summed E-state index contributed by atoms with van der Waals surface area (Å²) in [6, 6.07) is 7.88. The van der Waals surface area contributed by atoms with E-state index in [1.807, 2.05) is 24.3 Å². The summed E-state index contributed by atoms with van der Waals surface area (Å²) in [4.78, 5) is 12.9. The quantitative estimate of drug-likeness (QED) is 0.737. The highest BCUT2D eigenvalue weighted by Crippen LogP contribution is 2.26. The van der Waals surface area contributed by atoms with E-state index in [9.17, 15) is 9.00 Å². The third-order valence-electron chi connectivity index (χ3n) is 4.59. The first-order valence-corrected chi connectivity index (χ1v) is 10.6. The maximum atomic E-state index is 12.2. The first-order valence-electron chi connectivity index (χ1n) is 8.53. The molecule has 0 bridgehead atoms. The van der Waals surface area contributed by atoms with E-state index in [4.69, 9.17) is 0 Å². The molecule has 3 unspecified atom stereocenters. The summed E-state index contributed by atoms with van der Waals surface area (Å²) < 4.78 is 13.2. The molecule has 1 aliphatic rings. The van der Waals surface area contributed by atoms with Crippen molar-refractivity contribution in [2.45, 2.75) is 62.8 Å². The smallest absolute Gasteiger partial charge is 0.220 e. The number of amides is 1. The Kier molecular flexibility index (Phi) is 7.77. The SMILES string of the molecule is CCC1CCCCC1NC(=O)CCCS(=O)c1ccc(Br)cc1. The largest absolute Gasteiger partial charge is 0.353 e. The van der Waals surface area contributed by atoms with Crippen molar-refractivity contribution in [1.82, 2.24) is 5.32 Å². The molecule has 0 saturated heterocycles. The molecule has 1 aromatic carbocycles. The second-order valence-corrected chi connectivity index (χ2v) is 8.72. The Balaban J connectivity index is 1.72. The van der Waals surface area contributed by atoms with Gasteiger partial charge in [-0.15, -0.1) is 0 Å². The number of carbonyl (C=O) groups is 1. The highest BCUT2D eigenvalue weighted by Gasteiger charge is 2.24. The molecule has 5 heteroatoms. The zero-order chi connectivity index (χ0) is 16.7. The second kappa shape index (κ2) is 9.58. The first-order chi connectivity index (χ1) is 11.1. The summed E-state index contributed by atoms with van der Waals surface area (Å²) in [5.41, 5.74) is 0. The third kappa shape index (κ3) is 6.03. The summed E-state index contributed by atoms with van der Waals surface area (Å²) >= 11 is 3.37. The van der Waals surface area contributed by atoms with Crippen molar-refractivity contribution < 1.29 is 9.00 Å². The van der Waals surface area contributed by atoms with Gasteiger partial charge in [0, 0.05) is 27.6 Å². The highest BCUT2D eigenvalue weighted by molar-refractivity contribution is 9.10. The fourth-order valence-electron chi connectivity index (χ4n) is 3.23. The van der Waals surface area contributed by atoms with Crippen LogP contribution in [0.1, 0.15) is 51.9 Å². The third-order valence-corrected chi connectivity index (χ3v) is 6.58. The molecular weight excluding hydrogens is 374 g/mol. The van der Waals surface area contributed by atoms with Crippen LogP contribution >= 0.6 is 15.9 Å². The fourth-order valence-corrected chi connectivity index (χ4v) is 4.58. The van der Waals surface area contributed by atoms with Gasteiger partial charge in [-0.05, 0) is 49.4 Å². The summed E-state index contributed by atoms with van der Waals surface area (Å²) in [5, 5.41) is 3.20. The highest BCUT2D eigenvalue weighted by atomic mass is 79.9. The van der Waals surface area contributed by atoms with Crippen LogP contribution in [0, 0.1) is 5.92 Å². The lowest BCUT2D eigenvalue weighted by molar-refractivity contribution is -0.122. The number of nitrogens with one attached hydrogen (secondary N) is 1. The van der Waals surface area contributed by atoms with E-state index in [2.05, 4.69) is 28.2 Å². The van der Waals surface area contributed by atoms with Crippen molar-refractivity contribution in [3.05, 3.63) is 28.7 Å². The second-order valence-electron chi connectivity index (χ2n) is 6.23. The minimum absolute atomic E-state index is 0.114. The maximum absolute atomic E-state index is 12.2. The van der Waals surface area contributed by atoms with Crippen molar-refractivity contribution in [3.63, 3.8) is 0 Å². The van der Waals surface area contributed by atoms with E-state index in [0.29, 0.717) is 30.6 Å². The van der Waals surface area contributed by atoms with Gasteiger partial charge in [-0.1, -0.05) is 42.1 Å². The fraction of sp³-hybridized carbons (Fsp3) is 0.611. The van der Waals surface area contributed by atoms with Crippen molar-refractivity contribution >= 4 is 32.6 Å². The standard InChI is InChI=1S/C18H26BrNO2S/c1-2-14-6-3-4-7-17(14)20-18(21)8-5-13-23(22)16-11-9-15(19)10-12-16/h9-12,14,17H,2-8,13H2,1H3,(H,20,21). The van der Waals surface area contributed by atoms with E-state index in [0.717, 1.165) is 22.2 Å². The molecule has 0 aromatic heterocycles. The van der Waals surface area contributed by atoms with Crippen molar-refractivity contribution in [2.24, 2.45) is 5.92 Å². The Morgan fingerprint density at radius 1 is 1.26 bits per heavy atom. The van der Waals surface area contributed by atoms with Crippen LogP contribution < -0.4 is 5.32 Å². The number of carbonyl (C=O) groups excluding carboxylic acids is 1. The number of rotatable bonds is 7. The molecule has 23 heavy (non-hydrogen) atoms. The Morgan fingerprint density at radius 3 is 2.65 bits per heavy atom. The Labute approximate surface area is 150 Å². The Hall–Kier alpha value is -0.680. The van der Waals surface area contributed by atoms with Gasteiger partial charge in [0.25, 0.3) is 0 Å². The lowest BCUT2D eigenvalue weighted by Crippen LogP contribution is -2.41. The molecule has 2 rings (SSSR count). The summed E-state index contributed by atoms with van der Waals surface area (Å²) in [6.45, 7) is 2.20. The number of benzene rings is 1. The van der Waals surface area contributed by atoms with Gasteiger partial charge >= 0.3 is 0 Å². The monoisotopic (exact) mass is 399 g/mol. The minimum Gasteiger partial charge on any atom is -0.353 e. The van der Waals surface area contributed by atoms with E-state index < -0.39 is 10.8 Å². The molecule has 0 aliphatic heterocycles. The van der Waals surface area contributed by atoms with Crippen LogP contribution in [0.25, 0.3) is 0 Å². The molecule has 1 aromatic rings. The summed E-state index contributed by atoms with van der Waals surface area (Å²) in [6.07, 6.45) is 7.11. The van der Waals surface area contributed by atoms with Gasteiger partial charge in [0.15, 0.2) is 0 Å². The van der Waals surface area contributed by atoms with Gasteiger partial charge in [-0.2, -0.15) is 0 Å². The number of halogens is 1. The molecule has 1 aliphatic carbocycles. The lowest BCUT2D eigenvalue weighted by atomic mass is 9.83. The molecule has 0 radical (unpaired) electrons. The van der Waals surface area contributed by atoms with Crippen LogP contribution in [0.2, 0.25) is 0 Å². The first kappa shape index (κ1) is 18.7. The molecule has 0 heterocycles. The van der Waals surface area contributed by atoms with Crippen molar-refractivity contribution in [2.75, 3.05) is 5.75 Å². The summed E-state index contributed by atoms with van der Waals surface area (Å²) in [5.74, 6) is 1.28. The van der Waals surface area contributed by atoms with E-state index in [-0.39, 0.29) is 5.91 Å². The molecule has 1 saturated carbocycles. The molecule has 1 fully saturated rings. The number of hydrogen-bond donors (Lipinski definition) is 1. The van der Waals surface area contributed by atoms with Crippen molar-refractivity contribution in [1.29, 1.82) is 0 Å². The average molecular weight is 400 g/mol. The molecule has 1 N–H and O–H groups in total. The maximum Gasteiger partial charge on any atom is 0.220 e. The molecule has 128 valence electrons. The predicted molar refractivity (Wildman–Crippen MR) is 98.8 cm³/mol. The van der Waals surface area contributed by atoms with Crippen LogP contribution in [0.3, 0.4) is 0 Å². The molecule has 0 spiro atoms. The van der Waals surface area contributed by atoms with Gasteiger partial charge in [0.05, 0.1) is 10.8 Å². The van der Waals surface area contributed by atoms with Gasteiger partial charge < -0.3 is 5.32 Å². The Bertz CT molecular complexity index is 532. The van der Waals surface area contributed by atoms with E-state index >= 15 is 0 Å². The minimum atomic E-state index is -1.02. The molecule has 3 atom stereocenters. The average Bonchev–Trinajstić information content (AvgIpc) is 2.56. The predicted octanol–water partition coefficient (Wildman–Crippen LogP) is 4.42. The van der Waals surface area contributed by atoms with Crippen LogP contribution in [-0.4, -0.2) is 21.9 Å². The molecular formula is C18H26BrNO2S. The zero-order valence-electron chi connectivity index (χ0n) is 13.7. The summed E-state index contributed by atoms with van der Waals surface area (Å²) in [7, 11) is -1.02. The van der Waals surface area contributed by atoms with Gasteiger partial charge in [-0.3, -0.25) is 9.00 Å². The van der Waals surface area contributed by atoms with Gasteiger partial charge in [0.2, 0.25) is 5.91 Å². The van der Waals surface area contributed by atoms with Crippen LogP contribution in [0.5, 0.6) is 0 Å². The van der Waals surface area contributed by atoms with E-state index in [1.54, 1.807) is 0 Å². The van der Waals surface area contributed by atoms with Crippen LogP contribution in [0.15, 0.2) is 33.6 Å². The molecule has 1 amide bonds. The topological polar surface area (TPSA) is 46.2 Å². The normalized spacial score (nSPS) is 22.5. The number of hydrogen-bond acceptors (Lipinski definition) is 2. The lowest BCUT2D eigenvalue weighted by Gasteiger charge is -2.31. The van der Waals surface area contributed by atoms with Gasteiger partial charge in [-0.25, -0.2) is 0 Å². The molecule has 3 nitrogen and oxygen atoms in total. The van der Waals surface area contributed by atoms with Crippen molar-refractivity contribution in [3.8, 4) is 0 Å². The van der Waals surface area contributed by atoms with Gasteiger partial charge in [0.1, 0.15) is 0 Å².